The normalized spacial score (nSPS) is 51.1. The van der Waals surface area contributed by atoms with E-state index in [9.17, 15) is 9.90 Å². The summed E-state index contributed by atoms with van der Waals surface area (Å²) in [7, 11) is 0. The van der Waals surface area contributed by atoms with Gasteiger partial charge in [0.25, 0.3) is 0 Å². The van der Waals surface area contributed by atoms with Crippen LogP contribution in [0.3, 0.4) is 0 Å². The molecule has 0 radical (unpaired) electrons. The Kier molecular flexibility index (Phi) is 15.5. The molecule has 0 bridgehead atoms. The van der Waals surface area contributed by atoms with E-state index in [0.717, 1.165) is 36.5 Å². The molecule has 0 amide bonds. The number of cyclic esters (lactones) is 1. The SMILES string of the molecule is C[C@H]1OC(O)C[C@H](O)[C@@H]1O.C[C@H]1OC(O)C[C@H](O)[C@@H]1O.C[C@H]1OC(O)C[C@H](O)[C@@H]1O.C[C@]12CC[C@H](O)C[C@H]1CC[C@@H]1[C@@H]2CC[C@]2(C)[C@@H](C3=CC(=O)OC3)CC[C@@H]12. The summed E-state index contributed by atoms with van der Waals surface area (Å²) in [6.45, 7) is 10.4. The average Bonchev–Trinajstić information content (AvgIpc) is 3.71. The summed E-state index contributed by atoms with van der Waals surface area (Å²) < 4.78 is 19.7. The molecule has 3 unspecified atom stereocenters. The van der Waals surface area contributed by atoms with Crippen LogP contribution >= 0.6 is 0 Å². The predicted molar refractivity (Wildman–Crippen MR) is 200 cm³/mol. The zero-order chi connectivity index (χ0) is 41.3. The van der Waals surface area contributed by atoms with Crippen LogP contribution < -0.4 is 0 Å². The van der Waals surface area contributed by atoms with E-state index in [2.05, 4.69) is 13.8 Å². The Labute approximate surface area is 330 Å². The van der Waals surface area contributed by atoms with Crippen molar-refractivity contribution in [3.05, 3.63) is 11.6 Å². The maximum Gasteiger partial charge on any atom is 0.331 e. The molecule has 8 rings (SSSR count). The van der Waals surface area contributed by atoms with Crippen LogP contribution in [0.25, 0.3) is 0 Å². The van der Waals surface area contributed by atoms with Gasteiger partial charge in [0.05, 0.1) is 42.7 Å². The van der Waals surface area contributed by atoms with Gasteiger partial charge in [0, 0.05) is 25.3 Å². The Balaban J connectivity index is 0.000000165. The van der Waals surface area contributed by atoms with Gasteiger partial charge in [0.2, 0.25) is 0 Å². The van der Waals surface area contributed by atoms with Gasteiger partial charge in [-0.3, -0.25) is 0 Å². The second-order valence-electron chi connectivity index (χ2n) is 18.4. The molecule has 7 fully saturated rings. The number of carbonyl (C=O) groups is 1. The second kappa shape index (κ2) is 18.9. The van der Waals surface area contributed by atoms with Gasteiger partial charge in [0.1, 0.15) is 24.9 Å². The number of hydrogen-bond acceptors (Lipinski definition) is 15. The number of fused-ring (bicyclic) bond motifs is 5. The summed E-state index contributed by atoms with van der Waals surface area (Å²) in [5.41, 5.74) is 2.09. The molecule has 0 aromatic heterocycles. The first kappa shape index (κ1) is 45.8. The molecule has 20 atom stereocenters. The zero-order valence-electron chi connectivity index (χ0n) is 33.7. The number of rotatable bonds is 1. The summed E-state index contributed by atoms with van der Waals surface area (Å²) in [4.78, 5) is 11.6. The number of hydrogen-bond donors (Lipinski definition) is 10. The summed E-state index contributed by atoms with van der Waals surface area (Å²) in [6, 6.07) is 0. The van der Waals surface area contributed by atoms with Crippen molar-refractivity contribution < 1.29 is 74.8 Å². The standard InChI is InChI=1S/C23H34O3.3C6H12O4/c1-22-9-7-16(24)12-15(22)3-4-17-19-6-5-18(14-11-21(25)26-13-14)23(19,2)10-8-20(17)22;3*1-3-6(9)4(7)2-5(8)10-3/h11,15-20,24H,3-10,12-13H2,1-2H3;3*3-9H,2H2,1H3/t15-,16+,17+,18-,19+,20+,22+,23-;3*3-,4+,5?,6-/m1111/s1. The van der Waals surface area contributed by atoms with Gasteiger partial charge < -0.3 is 70.0 Å². The van der Waals surface area contributed by atoms with Crippen molar-refractivity contribution in [1.82, 2.24) is 0 Å². The number of esters is 1. The lowest BCUT2D eigenvalue weighted by Gasteiger charge is -2.61. The fourth-order valence-corrected chi connectivity index (χ4v) is 11.6. The maximum atomic E-state index is 11.6. The predicted octanol–water partition coefficient (Wildman–Crippen LogP) is 0.996. The van der Waals surface area contributed by atoms with Gasteiger partial charge in [-0.05, 0) is 125 Å². The summed E-state index contributed by atoms with van der Waals surface area (Å²) in [5.74, 6) is 3.67. The first-order valence-electron chi connectivity index (χ1n) is 20.9. The molecule has 15 nitrogen and oxygen atoms in total. The van der Waals surface area contributed by atoms with Crippen molar-refractivity contribution in [2.24, 2.45) is 40.4 Å². The average molecular weight is 803 g/mol. The lowest BCUT2D eigenvalue weighted by molar-refractivity contribution is -0.226. The Morgan fingerprint density at radius 2 is 1.04 bits per heavy atom. The molecule has 0 spiro atoms. The highest BCUT2D eigenvalue weighted by molar-refractivity contribution is 5.85. The van der Waals surface area contributed by atoms with Crippen molar-refractivity contribution in [2.45, 2.75) is 192 Å². The van der Waals surface area contributed by atoms with E-state index in [0.29, 0.717) is 23.4 Å². The van der Waals surface area contributed by atoms with Crippen molar-refractivity contribution in [2.75, 3.05) is 6.61 Å². The van der Waals surface area contributed by atoms with Crippen molar-refractivity contribution in [3.8, 4) is 0 Å². The zero-order valence-corrected chi connectivity index (χ0v) is 33.7. The highest BCUT2D eigenvalue weighted by Gasteiger charge is 2.60. The van der Waals surface area contributed by atoms with Gasteiger partial charge >= 0.3 is 5.97 Å². The molecule has 4 aliphatic carbocycles. The molecular formula is C41H70O15. The van der Waals surface area contributed by atoms with E-state index >= 15 is 0 Å². The molecule has 8 aliphatic rings. The monoisotopic (exact) mass is 802 g/mol. The van der Waals surface area contributed by atoms with Crippen LogP contribution in [0, 0.1) is 40.4 Å². The number of ether oxygens (including phenoxy) is 4. The van der Waals surface area contributed by atoms with Crippen LogP contribution in [0.15, 0.2) is 11.6 Å². The van der Waals surface area contributed by atoms with Crippen molar-refractivity contribution in [3.63, 3.8) is 0 Å². The fourth-order valence-electron chi connectivity index (χ4n) is 11.6. The van der Waals surface area contributed by atoms with E-state index in [-0.39, 0.29) is 31.3 Å². The molecule has 4 heterocycles. The largest absolute Gasteiger partial charge is 0.458 e. The first-order valence-corrected chi connectivity index (χ1v) is 20.9. The summed E-state index contributed by atoms with van der Waals surface area (Å²) in [6.07, 6.45) is 3.70. The Morgan fingerprint density at radius 3 is 1.48 bits per heavy atom. The number of carbonyl (C=O) groups excluding carboxylic acids is 1. The van der Waals surface area contributed by atoms with Crippen molar-refractivity contribution >= 4 is 5.97 Å². The minimum absolute atomic E-state index is 0.0545. The fraction of sp³-hybridized carbons (Fsp3) is 0.927. The minimum Gasteiger partial charge on any atom is -0.458 e. The van der Waals surface area contributed by atoms with Crippen molar-refractivity contribution in [1.29, 1.82) is 0 Å². The molecule has 0 aromatic carbocycles. The highest BCUT2D eigenvalue weighted by atomic mass is 16.6. The third kappa shape index (κ3) is 10.2. The van der Waals surface area contributed by atoms with Gasteiger partial charge in [0.15, 0.2) is 18.9 Å². The van der Waals surface area contributed by atoms with Crippen LogP contribution in [0.2, 0.25) is 0 Å². The van der Waals surface area contributed by atoms with Crippen LogP contribution in [0.4, 0.5) is 0 Å². The van der Waals surface area contributed by atoms with Gasteiger partial charge in [-0.25, -0.2) is 4.79 Å². The van der Waals surface area contributed by atoms with Gasteiger partial charge in [-0.1, -0.05) is 13.8 Å². The lowest BCUT2D eigenvalue weighted by atomic mass is 9.44. The first-order chi connectivity index (χ1) is 26.2. The molecule has 15 heteroatoms. The van der Waals surface area contributed by atoms with E-state index in [1.807, 2.05) is 0 Å². The maximum absolute atomic E-state index is 11.6. The lowest BCUT2D eigenvalue weighted by Crippen LogP contribution is -2.54. The Bertz CT molecular complexity index is 1210. The van der Waals surface area contributed by atoms with Crippen LogP contribution in [-0.2, 0) is 23.7 Å². The Hall–Kier alpha value is -1.31. The van der Waals surface area contributed by atoms with Gasteiger partial charge in [-0.15, -0.1) is 0 Å². The van der Waals surface area contributed by atoms with Crippen LogP contribution in [0.1, 0.15) is 112 Å². The molecule has 4 aliphatic heterocycles. The summed E-state index contributed by atoms with van der Waals surface area (Å²) in [5, 5.41) is 91.1. The third-order valence-electron chi connectivity index (χ3n) is 14.8. The minimum atomic E-state index is -0.937. The van der Waals surface area contributed by atoms with Crippen LogP contribution in [0.5, 0.6) is 0 Å². The smallest absolute Gasteiger partial charge is 0.331 e. The van der Waals surface area contributed by atoms with E-state index in [1.54, 1.807) is 26.8 Å². The van der Waals surface area contributed by atoms with E-state index in [1.165, 1.54) is 50.5 Å². The molecule has 10 N–H and O–H groups in total. The topological polar surface area (TPSA) is 256 Å². The molecule has 4 saturated carbocycles. The number of aliphatic hydroxyl groups excluding tert-OH is 10. The van der Waals surface area contributed by atoms with E-state index in [4.69, 9.17) is 64.9 Å². The van der Waals surface area contributed by atoms with E-state index < -0.39 is 73.8 Å². The molecule has 56 heavy (non-hydrogen) atoms. The Morgan fingerprint density at radius 1 is 0.571 bits per heavy atom. The quantitative estimate of drug-likeness (QED) is 0.166. The highest BCUT2D eigenvalue weighted by Crippen LogP contribution is 2.68. The second-order valence-corrected chi connectivity index (χ2v) is 18.4. The summed E-state index contributed by atoms with van der Waals surface area (Å²) >= 11 is 0. The molecule has 0 aromatic rings. The molecule has 324 valence electrons. The number of aliphatic hydroxyl groups is 10. The van der Waals surface area contributed by atoms with Gasteiger partial charge in [-0.2, -0.15) is 0 Å². The third-order valence-corrected chi connectivity index (χ3v) is 14.8. The molecule has 3 saturated heterocycles. The molecular weight excluding hydrogens is 732 g/mol. The van der Waals surface area contributed by atoms with Crippen LogP contribution in [-0.4, -0.2) is 144 Å².